The van der Waals surface area contributed by atoms with E-state index in [2.05, 4.69) is 58.2 Å². The summed E-state index contributed by atoms with van der Waals surface area (Å²) in [6, 6.07) is 6.39. The molecule has 0 unspecified atom stereocenters. The molecule has 0 fully saturated rings. The summed E-state index contributed by atoms with van der Waals surface area (Å²) in [6.45, 7) is 4.79. The van der Waals surface area contributed by atoms with Crippen molar-refractivity contribution < 1.29 is 0 Å². The fourth-order valence-corrected chi connectivity index (χ4v) is 2.09. The van der Waals surface area contributed by atoms with Crippen LogP contribution in [-0.4, -0.2) is 15.0 Å². The summed E-state index contributed by atoms with van der Waals surface area (Å²) in [5.41, 5.74) is 3.66. The van der Waals surface area contributed by atoms with E-state index in [0.717, 1.165) is 0 Å². The molecule has 2 rings (SSSR count). The third-order valence-electron chi connectivity index (χ3n) is 2.18. The van der Waals surface area contributed by atoms with Gasteiger partial charge in [0, 0.05) is 0 Å². The molecular weight excluding hydrogens is 289 g/mol. The Balaban J connectivity index is 2.26. The number of benzene rings is 1. The van der Waals surface area contributed by atoms with Gasteiger partial charge in [0.15, 0.2) is 9.76 Å². The predicted octanol–water partition coefficient (Wildman–Crippen LogP) is 3.36. The molecule has 1 heterocycles. The molecule has 0 spiro atoms. The van der Waals surface area contributed by atoms with E-state index in [1.165, 1.54) is 16.7 Å². The molecule has 0 bridgehead atoms. The van der Waals surface area contributed by atoms with Gasteiger partial charge in [-0.1, -0.05) is 40.9 Å². The Kier molecular flexibility index (Phi) is 3.30. The highest BCUT2D eigenvalue weighted by Crippen LogP contribution is 2.17. The van der Waals surface area contributed by atoms with Crippen molar-refractivity contribution in [2.45, 2.75) is 20.4 Å². The topological polar surface area (TPSA) is 30.7 Å². The normalized spacial score (nSPS) is 10.8. The minimum Gasteiger partial charge on any atom is -0.178 e. The minimum atomic E-state index is 0.393. The molecule has 1 aromatic carbocycles. The first kappa shape index (κ1) is 11.6. The molecule has 5 heteroatoms. The third kappa shape index (κ3) is 2.62. The average molecular weight is 301 g/mol. The Morgan fingerprint density at radius 1 is 1.19 bits per heavy atom. The molecule has 2 aromatic rings. The van der Waals surface area contributed by atoms with Crippen LogP contribution in [0.3, 0.4) is 0 Å². The van der Waals surface area contributed by atoms with Crippen molar-refractivity contribution >= 4 is 27.5 Å². The van der Waals surface area contributed by atoms with Crippen molar-refractivity contribution in [1.82, 2.24) is 15.0 Å². The molecule has 3 nitrogen and oxygen atoms in total. The molecule has 0 radical (unpaired) electrons. The summed E-state index contributed by atoms with van der Waals surface area (Å²) in [5, 5.41) is 8.64. The number of rotatable bonds is 2. The highest BCUT2D eigenvalue weighted by Gasteiger charge is 2.06. The first-order chi connectivity index (χ1) is 7.54. The van der Waals surface area contributed by atoms with Crippen molar-refractivity contribution in [1.29, 1.82) is 0 Å². The number of hydrogen-bond donors (Lipinski definition) is 0. The van der Waals surface area contributed by atoms with Crippen LogP contribution in [0, 0.1) is 13.8 Å². The fraction of sp³-hybridized carbons (Fsp3) is 0.273. The van der Waals surface area contributed by atoms with Crippen LogP contribution in [0.1, 0.15) is 16.7 Å². The van der Waals surface area contributed by atoms with Gasteiger partial charge < -0.3 is 0 Å². The van der Waals surface area contributed by atoms with Gasteiger partial charge in [-0.05, 0) is 35.3 Å². The Hall–Kier alpha value is -0.870. The maximum atomic E-state index is 5.82. The van der Waals surface area contributed by atoms with Gasteiger partial charge in [-0.15, -0.1) is 10.2 Å². The van der Waals surface area contributed by atoms with Crippen LogP contribution >= 0.6 is 27.5 Å². The smallest absolute Gasteiger partial charge is 0.178 e. The zero-order valence-corrected chi connectivity index (χ0v) is 11.4. The van der Waals surface area contributed by atoms with E-state index in [9.17, 15) is 0 Å². The van der Waals surface area contributed by atoms with Crippen molar-refractivity contribution in [2.75, 3.05) is 0 Å². The van der Waals surface area contributed by atoms with Gasteiger partial charge in [-0.3, -0.25) is 0 Å². The molecule has 16 heavy (non-hydrogen) atoms. The lowest BCUT2D eigenvalue weighted by Crippen LogP contribution is -2.04. The number of aryl methyl sites for hydroxylation is 2. The summed E-state index contributed by atoms with van der Waals surface area (Å²) in [5.74, 6) is 0. The van der Waals surface area contributed by atoms with E-state index >= 15 is 0 Å². The van der Waals surface area contributed by atoms with Crippen LogP contribution in [0.2, 0.25) is 5.15 Å². The molecule has 0 saturated carbocycles. The van der Waals surface area contributed by atoms with Crippen LogP contribution in [0.5, 0.6) is 0 Å². The lowest BCUT2D eigenvalue weighted by Gasteiger charge is -2.03. The summed E-state index contributed by atoms with van der Waals surface area (Å²) in [6.07, 6.45) is 0. The van der Waals surface area contributed by atoms with E-state index in [0.29, 0.717) is 16.3 Å². The summed E-state index contributed by atoms with van der Waals surface area (Å²) in [4.78, 5) is 1.58. The summed E-state index contributed by atoms with van der Waals surface area (Å²) < 4.78 is 0.582. The standard InChI is InChI=1S/C11H11BrClN3/c1-7-3-8(2)5-9(4-7)6-16-14-10(12)11(13)15-16/h3-5H,6H2,1-2H3. The van der Waals surface area contributed by atoms with Gasteiger partial charge in [-0.2, -0.15) is 4.80 Å². The van der Waals surface area contributed by atoms with E-state index in [1.54, 1.807) is 4.80 Å². The van der Waals surface area contributed by atoms with Crippen LogP contribution in [0.25, 0.3) is 0 Å². The molecule has 0 aliphatic rings. The third-order valence-corrected chi connectivity index (χ3v) is 3.20. The lowest BCUT2D eigenvalue weighted by molar-refractivity contribution is 0.588. The predicted molar refractivity (Wildman–Crippen MR) is 67.8 cm³/mol. The second-order valence-electron chi connectivity index (χ2n) is 3.81. The second-order valence-corrected chi connectivity index (χ2v) is 4.92. The van der Waals surface area contributed by atoms with E-state index in [4.69, 9.17) is 11.6 Å². The maximum absolute atomic E-state index is 5.82. The van der Waals surface area contributed by atoms with Crippen LogP contribution in [0.15, 0.2) is 22.8 Å². The summed E-state index contributed by atoms with van der Waals surface area (Å²) in [7, 11) is 0. The van der Waals surface area contributed by atoms with Gasteiger partial charge in [0.05, 0.1) is 6.54 Å². The Bertz CT molecular complexity index is 482. The number of nitrogens with zero attached hydrogens (tertiary/aromatic N) is 3. The van der Waals surface area contributed by atoms with Crippen LogP contribution in [-0.2, 0) is 6.54 Å². The van der Waals surface area contributed by atoms with Crippen LogP contribution < -0.4 is 0 Å². The quantitative estimate of drug-likeness (QED) is 0.851. The van der Waals surface area contributed by atoms with Crippen molar-refractivity contribution in [2.24, 2.45) is 0 Å². The molecule has 1 aromatic heterocycles. The van der Waals surface area contributed by atoms with E-state index in [1.807, 2.05) is 0 Å². The van der Waals surface area contributed by atoms with Crippen molar-refractivity contribution in [3.63, 3.8) is 0 Å². The Labute approximate surface area is 108 Å². The Morgan fingerprint density at radius 2 is 1.81 bits per heavy atom. The average Bonchev–Trinajstić information content (AvgIpc) is 2.43. The SMILES string of the molecule is Cc1cc(C)cc(Cn2nc(Cl)c(Br)n2)c1. The van der Waals surface area contributed by atoms with Gasteiger partial charge in [0.1, 0.15) is 0 Å². The fourth-order valence-electron chi connectivity index (χ4n) is 1.70. The summed E-state index contributed by atoms with van der Waals surface area (Å²) >= 11 is 9.05. The number of hydrogen-bond acceptors (Lipinski definition) is 2. The molecule has 0 amide bonds. The molecule has 0 aliphatic heterocycles. The van der Waals surface area contributed by atoms with Crippen LogP contribution in [0.4, 0.5) is 0 Å². The molecule has 0 aliphatic carbocycles. The molecule has 0 saturated heterocycles. The zero-order chi connectivity index (χ0) is 11.7. The van der Waals surface area contributed by atoms with Crippen molar-refractivity contribution in [3.8, 4) is 0 Å². The second kappa shape index (κ2) is 4.55. The number of halogens is 2. The van der Waals surface area contributed by atoms with Gasteiger partial charge >= 0.3 is 0 Å². The zero-order valence-electron chi connectivity index (χ0n) is 9.04. The molecule has 84 valence electrons. The minimum absolute atomic E-state index is 0.393. The van der Waals surface area contributed by atoms with E-state index in [-0.39, 0.29) is 0 Å². The van der Waals surface area contributed by atoms with E-state index < -0.39 is 0 Å². The van der Waals surface area contributed by atoms with Crippen molar-refractivity contribution in [3.05, 3.63) is 44.6 Å². The first-order valence-electron chi connectivity index (χ1n) is 4.88. The monoisotopic (exact) mass is 299 g/mol. The maximum Gasteiger partial charge on any atom is 0.185 e. The van der Waals surface area contributed by atoms with Gasteiger partial charge in [0.2, 0.25) is 0 Å². The highest BCUT2D eigenvalue weighted by atomic mass is 79.9. The first-order valence-corrected chi connectivity index (χ1v) is 6.05. The highest BCUT2D eigenvalue weighted by molar-refractivity contribution is 9.10. The molecular formula is C11H11BrClN3. The van der Waals surface area contributed by atoms with Gasteiger partial charge in [-0.25, -0.2) is 0 Å². The molecule has 0 atom stereocenters. The lowest BCUT2D eigenvalue weighted by atomic mass is 10.1. The number of aromatic nitrogens is 3. The molecule has 0 N–H and O–H groups in total. The largest absolute Gasteiger partial charge is 0.185 e. The van der Waals surface area contributed by atoms with Gasteiger partial charge in [0.25, 0.3) is 0 Å². The Morgan fingerprint density at radius 3 is 2.31 bits per heavy atom.